The molecule has 0 saturated carbocycles. The van der Waals surface area contributed by atoms with Gasteiger partial charge in [0.05, 0.1) is 5.56 Å². The fraction of sp³-hybridized carbons (Fsp3) is 0.500. The predicted octanol–water partition coefficient (Wildman–Crippen LogP) is -1.11. The third kappa shape index (κ3) is 3.53. The van der Waals surface area contributed by atoms with E-state index in [-0.39, 0.29) is 17.7 Å². The second kappa shape index (κ2) is 7.39. The molecule has 0 unspecified atom stereocenters. The number of rotatable bonds is 3. The van der Waals surface area contributed by atoms with Crippen molar-refractivity contribution in [1.82, 2.24) is 25.8 Å². The number of aromatic nitrogens is 1. The zero-order valence-corrected chi connectivity index (χ0v) is 13.3. The summed E-state index contributed by atoms with van der Waals surface area (Å²) in [5, 5.41) is 8.65. The lowest BCUT2D eigenvalue weighted by atomic mass is 10.1. The van der Waals surface area contributed by atoms with Gasteiger partial charge in [0.1, 0.15) is 12.1 Å². The fourth-order valence-electron chi connectivity index (χ4n) is 3.01. The third-order valence-corrected chi connectivity index (χ3v) is 4.32. The molecular formula is C16H21N5O3. The summed E-state index contributed by atoms with van der Waals surface area (Å²) < 4.78 is 0. The third-order valence-electron chi connectivity index (χ3n) is 4.32. The molecule has 0 spiro atoms. The first-order valence-electron chi connectivity index (χ1n) is 8.16. The van der Waals surface area contributed by atoms with Gasteiger partial charge in [0.2, 0.25) is 11.8 Å². The van der Waals surface area contributed by atoms with Crippen molar-refractivity contribution in [3.8, 4) is 0 Å². The molecule has 2 aliphatic heterocycles. The van der Waals surface area contributed by atoms with Gasteiger partial charge in [-0.15, -0.1) is 0 Å². The maximum Gasteiger partial charge on any atom is 0.256 e. The highest BCUT2D eigenvalue weighted by atomic mass is 16.2. The van der Waals surface area contributed by atoms with Crippen LogP contribution in [0.25, 0.3) is 0 Å². The predicted molar refractivity (Wildman–Crippen MR) is 86.1 cm³/mol. The molecule has 3 rings (SSSR count). The van der Waals surface area contributed by atoms with E-state index < -0.39 is 12.1 Å². The molecular weight excluding hydrogens is 310 g/mol. The normalized spacial score (nSPS) is 24.2. The average molecular weight is 331 g/mol. The van der Waals surface area contributed by atoms with Crippen LogP contribution in [0.4, 0.5) is 0 Å². The van der Waals surface area contributed by atoms with Gasteiger partial charge in [0, 0.05) is 38.6 Å². The van der Waals surface area contributed by atoms with Crippen LogP contribution in [0.5, 0.6) is 0 Å². The number of hydrogen-bond acceptors (Lipinski definition) is 5. The highest BCUT2D eigenvalue weighted by Gasteiger charge is 2.35. The van der Waals surface area contributed by atoms with E-state index in [0.717, 1.165) is 6.42 Å². The molecule has 2 saturated heterocycles. The minimum Gasteiger partial charge on any atom is -0.354 e. The van der Waals surface area contributed by atoms with Crippen molar-refractivity contribution in [1.29, 1.82) is 0 Å². The molecule has 8 heteroatoms. The van der Waals surface area contributed by atoms with Crippen LogP contribution in [0.1, 0.15) is 23.2 Å². The first-order valence-corrected chi connectivity index (χ1v) is 8.16. The highest BCUT2D eigenvalue weighted by Crippen LogP contribution is 2.11. The average Bonchev–Trinajstić information content (AvgIpc) is 2.63. The van der Waals surface area contributed by atoms with E-state index in [0.29, 0.717) is 38.2 Å². The number of carbonyl (C=O) groups is 3. The largest absolute Gasteiger partial charge is 0.354 e. The molecule has 0 radical (unpaired) electrons. The first-order chi connectivity index (χ1) is 11.7. The van der Waals surface area contributed by atoms with Gasteiger partial charge < -0.3 is 20.9 Å². The van der Waals surface area contributed by atoms with E-state index in [1.54, 1.807) is 23.2 Å². The van der Waals surface area contributed by atoms with Crippen LogP contribution in [0.3, 0.4) is 0 Å². The number of amides is 3. The topological polar surface area (TPSA) is 103 Å². The molecule has 0 aliphatic carbocycles. The smallest absolute Gasteiger partial charge is 0.256 e. The molecule has 8 nitrogen and oxygen atoms in total. The van der Waals surface area contributed by atoms with Crippen LogP contribution >= 0.6 is 0 Å². The maximum atomic E-state index is 12.7. The molecule has 2 atom stereocenters. The van der Waals surface area contributed by atoms with Gasteiger partial charge in [-0.1, -0.05) is 0 Å². The summed E-state index contributed by atoms with van der Waals surface area (Å²) in [6.45, 7) is 2.07. The van der Waals surface area contributed by atoms with Crippen LogP contribution in [0, 0.1) is 0 Å². The van der Waals surface area contributed by atoms with E-state index in [1.165, 1.54) is 6.20 Å². The van der Waals surface area contributed by atoms with Crippen molar-refractivity contribution in [3.05, 3.63) is 30.1 Å². The van der Waals surface area contributed by atoms with Gasteiger partial charge in [-0.2, -0.15) is 0 Å². The molecule has 3 N–H and O–H groups in total. The van der Waals surface area contributed by atoms with Crippen molar-refractivity contribution < 1.29 is 14.4 Å². The molecule has 24 heavy (non-hydrogen) atoms. The molecule has 3 heterocycles. The Kier molecular flexibility index (Phi) is 5.05. The van der Waals surface area contributed by atoms with Gasteiger partial charge in [0.15, 0.2) is 0 Å². The van der Waals surface area contributed by atoms with E-state index in [4.69, 9.17) is 0 Å². The molecule has 0 aromatic carbocycles. The van der Waals surface area contributed by atoms with Crippen LogP contribution in [0.2, 0.25) is 0 Å². The molecule has 2 aliphatic rings. The number of piperidine rings is 1. The molecule has 2 fully saturated rings. The number of carbonyl (C=O) groups excluding carboxylic acids is 3. The summed E-state index contributed by atoms with van der Waals surface area (Å²) in [4.78, 5) is 42.6. The van der Waals surface area contributed by atoms with Crippen molar-refractivity contribution in [2.24, 2.45) is 0 Å². The van der Waals surface area contributed by atoms with Gasteiger partial charge in [-0.05, 0) is 25.0 Å². The van der Waals surface area contributed by atoms with Crippen LogP contribution in [-0.4, -0.2) is 65.9 Å². The summed E-state index contributed by atoms with van der Waals surface area (Å²) in [7, 11) is 0. The van der Waals surface area contributed by atoms with Crippen molar-refractivity contribution in [2.45, 2.75) is 24.9 Å². The van der Waals surface area contributed by atoms with E-state index >= 15 is 0 Å². The quantitative estimate of drug-likeness (QED) is 0.652. The molecule has 1 aromatic rings. The number of piperazine rings is 1. The number of nitrogens with zero attached hydrogens (tertiary/aromatic N) is 2. The zero-order valence-electron chi connectivity index (χ0n) is 13.3. The lowest BCUT2D eigenvalue weighted by molar-refractivity contribution is -0.132. The standard InChI is InChI=1S/C16H21N5O3/c22-14-12(4-2-6-19-14)20-15(23)13-10-18-7-8-21(13)16(24)11-3-1-5-17-9-11/h1,3,5,9,12-13,18H,2,4,6-8,10H2,(H,19,22)(H,20,23)/t12-,13+/m0/s1. The van der Waals surface area contributed by atoms with Crippen molar-refractivity contribution >= 4 is 17.7 Å². The second-order valence-electron chi connectivity index (χ2n) is 5.95. The monoisotopic (exact) mass is 331 g/mol. The van der Waals surface area contributed by atoms with Crippen molar-refractivity contribution in [3.63, 3.8) is 0 Å². The Balaban J connectivity index is 1.70. The second-order valence-corrected chi connectivity index (χ2v) is 5.95. The number of hydrogen-bond donors (Lipinski definition) is 3. The van der Waals surface area contributed by atoms with E-state index in [2.05, 4.69) is 20.9 Å². The number of pyridine rings is 1. The number of nitrogens with one attached hydrogen (secondary N) is 3. The van der Waals surface area contributed by atoms with Crippen molar-refractivity contribution in [2.75, 3.05) is 26.2 Å². The Hall–Kier alpha value is -2.48. The first kappa shape index (κ1) is 16.4. The zero-order chi connectivity index (χ0) is 16.9. The fourth-order valence-corrected chi connectivity index (χ4v) is 3.01. The Labute approximate surface area is 140 Å². The minimum absolute atomic E-state index is 0.163. The molecule has 1 aromatic heterocycles. The summed E-state index contributed by atoms with van der Waals surface area (Å²) in [5.41, 5.74) is 0.451. The summed E-state index contributed by atoms with van der Waals surface area (Å²) in [6, 6.07) is 2.21. The highest BCUT2D eigenvalue weighted by molar-refractivity contribution is 5.98. The minimum atomic E-state index is -0.638. The Bertz CT molecular complexity index is 621. The van der Waals surface area contributed by atoms with Gasteiger partial charge in [-0.25, -0.2) is 0 Å². The Morgan fingerprint density at radius 3 is 2.96 bits per heavy atom. The lowest BCUT2D eigenvalue weighted by Crippen LogP contribution is -2.62. The Morgan fingerprint density at radius 1 is 1.33 bits per heavy atom. The van der Waals surface area contributed by atoms with Crippen LogP contribution < -0.4 is 16.0 Å². The van der Waals surface area contributed by atoms with Gasteiger partial charge in [0.25, 0.3) is 5.91 Å². The Morgan fingerprint density at radius 2 is 2.21 bits per heavy atom. The van der Waals surface area contributed by atoms with Crippen LogP contribution in [-0.2, 0) is 9.59 Å². The van der Waals surface area contributed by atoms with Crippen LogP contribution in [0.15, 0.2) is 24.5 Å². The maximum absolute atomic E-state index is 12.7. The van der Waals surface area contributed by atoms with E-state index in [1.807, 2.05) is 0 Å². The molecule has 3 amide bonds. The van der Waals surface area contributed by atoms with Gasteiger partial charge in [-0.3, -0.25) is 19.4 Å². The SMILES string of the molecule is O=C1NCCC[C@@H]1NC(=O)[C@H]1CNCCN1C(=O)c1cccnc1. The van der Waals surface area contributed by atoms with Gasteiger partial charge >= 0.3 is 0 Å². The summed E-state index contributed by atoms with van der Waals surface area (Å²) in [5.74, 6) is -0.692. The summed E-state index contributed by atoms with van der Waals surface area (Å²) >= 11 is 0. The van der Waals surface area contributed by atoms with E-state index in [9.17, 15) is 14.4 Å². The lowest BCUT2D eigenvalue weighted by Gasteiger charge is -2.36. The summed E-state index contributed by atoms with van der Waals surface area (Å²) in [6.07, 6.45) is 4.54. The molecule has 0 bridgehead atoms. The molecule has 128 valence electrons.